The molecule has 2 amide bonds. The lowest BCUT2D eigenvalue weighted by molar-refractivity contribution is 0.0533. The van der Waals surface area contributed by atoms with Crippen molar-refractivity contribution in [1.82, 2.24) is 9.80 Å². The Bertz CT molecular complexity index is 587. The second-order valence-electron chi connectivity index (χ2n) is 6.89. The van der Waals surface area contributed by atoms with E-state index < -0.39 is 0 Å². The fraction of sp³-hybridized carbons (Fsp3) is 0.529. The van der Waals surface area contributed by atoms with Crippen LogP contribution >= 0.6 is 12.4 Å². The van der Waals surface area contributed by atoms with Gasteiger partial charge in [0.2, 0.25) is 0 Å². The van der Waals surface area contributed by atoms with Gasteiger partial charge >= 0.3 is 0 Å². The maximum Gasteiger partial charge on any atom is 0.253 e. The quantitative estimate of drug-likeness (QED) is 0.896. The number of likely N-dealkylation sites (tertiary alicyclic amines) is 1. The second-order valence-corrected chi connectivity index (χ2v) is 6.89. The smallest absolute Gasteiger partial charge is 0.253 e. The number of carbonyl (C=O) groups excluding carboxylic acids is 2. The number of halogens is 1. The van der Waals surface area contributed by atoms with Gasteiger partial charge in [0, 0.05) is 44.4 Å². The topological polar surface area (TPSA) is 66.6 Å². The van der Waals surface area contributed by atoms with Gasteiger partial charge in [-0.3, -0.25) is 9.59 Å². The van der Waals surface area contributed by atoms with Gasteiger partial charge in [0.15, 0.2) is 0 Å². The highest BCUT2D eigenvalue weighted by atomic mass is 35.5. The van der Waals surface area contributed by atoms with Gasteiger partial charge < -0.3 is 15.5 Å². The van der Waals surface area contributed by atoms with Crippen LogP contribution in [0.3, 0.4) is 0 Å². The van der Waals surface area contributed by atoms with Crippen LogP contribution in [0, 0.1) is 5.41 Å². The molecular weight excluding hydrogens is 314 g/mol. The average molecular weight is 340 g/mol. The third kappa shape index (κ3) is 4.24. The van der Waals surface area contributed by atoms with Gasteiger partial charge in [0.1, 0.15) is 0 Å². The summed E-state index contributed by atoms with van der Waals surface area (Å²) in [5, 5.41) is 0. The molecule has 1 fully saturated rings. The molecule has 2 rings (SSSR count). The largest absolute Gasteiger partial charge is 0.345 e. The first-order valence-corrected chi connectivity index (χ1v) is 7.59. The summed E-state index contributed by atoms with van der Waals surface area (Å²) in [6.07, 6.45) is 0.801. The molecule has 6 heteroatoms. The van der Waals surface area contributed by atoms with Crippen LogP contribution in [0.5, 0.6) is 0 Å². The predicted octanol–water partition coefficient (Wildman–Crippen LogP) is 2.01. The second kappa shape index (κ2) is 7.32. The molecule has 2 N–H and O–H groups in total. The lowest BCUT2D eigenvalue weighted by Crippen LogP contribution is -2.54. The molecule has 1 aliphatic heterocycles. The Morgan fingerprint density at radius 3 is 2.43 bits per heavy atom. The molecule has 1 aromatic rings. The normalized spacial score (nSPS) is 19.7. The number of carbonyl (C=O) groups is 2. The Morgan fingerprint density at radius 2 is 1.87 bits per heavy atom. The van der Waals surface area contributed by atoms with Crippen molar-refractivity contribution in [3.8, 4) is 0 Å². The number of piperidine rings is 1. The van der Waals surface area contributed by atoms with Crippen LogP contribution in [-0.4, -0.2) is 54.8 Å². The zero-order valence-corrected chi connectivity index (χ0v) is 15.0. The molecule has 1 atom stereocenters. The SMILES string of the molecule is CN(C)C(=O)c1cccc(C(=O)N2CCC(N)C(C)(C)C2)c1.Cl. The molecule has 128 valence electrons. The van der Waals surface area contributed by atoms with Gasteiger partial charge in [-0.2, -0.15) is 0 Å². The molecule has 0 radical (unpaired) electrons. The number of hydrogen-bond donors (Lipinski definition) is 1. The molecule has 0 aliphatic carbocycles. The number of nitrogens with two attached hydrogens (primary N) is 1. The summed E-state index contributed by atoms with van der Waals surface area (Å²) in [5.41, 5.74) is 7.12. The van der Waals surface area contributed by atoms with Gasteiger partial charge in [0.05, 0.1) is 0 Å². The summed E-state index contributed by atoms with van der Waals surface area (Å²) in [7, 11) is 3.40. The average Bonchev–Trinajstić information content (AvgIpc) is 2.48. The van der Waals surface area contributed by atoms with Crippen molar-refractivity contribution in [3.63, 3.8) is 0 Å². The molecule has 0 aromatic heterocycles. The van der Waals surface area contributed by atoms with Gasteiger partial charge in [0.25, 0.3) is 11.8 Å². The number of nitrogens with zero attached hydrogens (tertiary/aromatic N) is 2. The van der Waals surface area contributed by atoms with Crippen molar-refractivity contribution in [3.05, 3.63) is 35.4 Å². The van der Waals surface area contributed by atoms with Crippen LogP contribution < -0.4 is 5.73 Å². The number of benzene rings is 1. The highest BCUT2D eigenvalue weighted by Gasteiger charge is 2.35. The van der Waals surface area contributed by atoms with E-state index in [9.17, 15) is 9.59 Å². The fourth-order valence-electron chi connectivity index (χ4n) is 2.77. The monoisotopic (exact) mass is 339 g/mol. The summed E-state index contributed by atoms with van der Waals surface area (Å²) in [5.74, 6) is -0.135. The van der Waals surface area contributed by atoms with Crippen molar-refractivity contribution < 1.29 is 9.59 Å². The Morgan fingerprint density at radius 1 is 1.26 bits per heavy atom. The van der Waals surface area contributed by atoms with E-state index in [-0.39, 0.29) is 35.7 Å². The van der Waals surface area contributed by atoms with E-state index in [1.54, 1.807) is 38.4 Å². The molecule has 1 aromatic carbocycles. The van der Waals surface area contributed by atoms with Crippen molar-refractivity contribution in [2.24, 2.45) is 11.1 Å². The molecule has 0 spiro atoms. The Kier molecular flexibility index (Phi) is 6.19. The van der Waals surface area contributed by atoms with Crippen molar-refractivity contribution in [1.29, 1.82) is 0 Å². The van der Waals surface area contributed by atoms with Crippen molar-refractivity contribution >= 4 is 24.2 Å². The molecule has 5 nitrogen and oxygen atoms in total. The molecule has 1 heterocycles. The first-order valence-electron chi connectivity index (χ1n) is 7.59. The molecule has 0 bridgehead atoms. The standard InChI is InChI=1S/C17H25N3O2.ClH/c1-17(2)11-20(9-8-14(17)18)16(22)13-7-5-6-12(10-13)15(21)19(3)4;/h5-7,10,14H,8-9,11,18H2,1-4H3;1H. The summed E-state index contributed by atoms with van der Waals surface area (Å²) in [6, 6.07) is 7.03. The predicted molar refractivity (Wildman–Crippen MR) is 94.0 cm³/mol. The highest BCUT2D eigenvalue weighted by Crippen LogP contribution is 2.28. The maximum absolute atomic E-state index is 12.7. The van der Waals surface area contributed by atoms with E-state index >= 15 is 0 Å². The minimum Gasteiger partial charge on any atom is -0.345 e. The Hall–Kier alpha value is -1.59. The van der Waals surface area contributed by atoms with Crippen LogP contribution in [0.15, 0.2) is 24.3 Å². The molecular formula is C17H26ClN3O2. The van der Waals surface area contributed by atoms with Gasteiger partial charge in [-0.05, 0) is 30.0 Å². The van der Waals surface area contributed by atoms with Gasteiger partial charge in [-0.15, -0.1) is 12.4 Å². The lowest BCUT2D eigenvalue weighted by atomic mass is 9.79. The maximum atomic E-state index is 12.7. The van der Waals surface area contributed by atoms with Gasteiger partial charge in [-0.1, -0.05) is 19.9 Å². The Balaban J connectivity index is 0.00000264. The van der Waals surface area contributed by atoms with Crippen LogP contribution in [0.2, 0.25) is 0 Å². The number of rotatable bonds is 2. The van der Waals surface area contributed by atoms with Crippen LogP contribution in [0.25, 0.3) is 0 Å². The minimum absolute atomic E-state index is 0. The third-order valence-corrected chi connectivity index (χ3v) is 4.36. The van der Waals surface area contributed by atoms with E-state index in [0.29, 0.717) is 24.2 Å². The van der Waals surface area contributed by atoms with Crippen molar-refractivity contribution in [2.75, 3.05) is 27.2 Å². The van der Waals surface area contributed by atoms with Crippen LogP contribution in [0.1, 0.15) is 41.0 Å². The molecule has 1 unspecified atom stereocenters. The van der Waals surface area contributed by atoms with Crippen LogP contribution in [-0.2, 0) is 0 Å². The summed E-state index contributed by atoms with van der Waals surface area (Å²) in [4.78, 5) is 28.1. The third-order valence-electron chi connectivity index (χ3n) is 4.36. The lowest BCUT2D eigenvalue weighted by Gasteiger charge is -2.42. The molecule has 0 saturated carbocycles. The molecule has 23 heavy (non-hydrogen) atoms. The first kappa shape index (κ1) is 19.5. The summed E-state index contributed by atoms with van der Waals surface area (Å²) >= 11 is 0. The van der Waals surface area contributed by atoms with E-state index in [4.69, 9.17) is 5.73 Å². The van der Waals surface area contributed by atoms with Crippen molar-refractivity contribution in [2.45, 2.75) is 26.3 Å². The van der Waals surface area contributed by atoms with Crippen LogP contribution in [0.4, 0.5) is 0 Å². The summed E-state index contributed by atoms with van der Waals surface area (Å²) < 4.78 is 0. The highest BCUT2D eigenvalue weighted by molar-refractivity contribution is 5.99. The zero-order valence-electron chi connectivity index (χ0n) is 14.2. The zero-order chi connectivity index (χ0) is 16.5. The number of hydrogen-bond acceptors (Lipinski definition) is 3. The van der Waals surface area contributed by atoms with E-state index in [1.807, 2.05) is 4.90 Å². The number of amides is 2. The van der Waals surface area contributed by atoms with E-state index in [0.717, 1.165) is 6.42 Å². The first-order chi connectivity index (χ1) is 10.2. The summed E-state index contributed by atoms with van der Waals surface area (Å²) in [6.45, 7) is 5.47. The van der Waals surface area contributed by atoms with Gasteiger partial charge in [-0.25, -0.2) is 0 Å². The fourth-order valence-corrected chi connectivity index (χ4v) is 2.77. The van der Waals surface area contributed by atoms with E-state index in [1.165, 1.54) is 4.90 Å². The Labute approximate surface area is 144 Å². The molecule has 1 aliphatic rings. The molecule has 1 saturated heterocycles. The van der Waals surface area contributed by atoms with E-state index in [2.05, 4.69) is 13.8 Å². The minimum atomic E-state index is -0.101.